The molecule has 3 amide bonds. The molecule has 1 aliphatic rings. The van der Waals surface area contributed by atoms with Crippen molar-refractivity contribution in [1.29, 1.82) is 0 Å². The zero-order valence-corrected chi connectivity index (χ0v) is 18.1. The number of rotatable bonds is 6. The zero-order chi connectivity index (χ0) is 22.9. The van der Waals surface area contributed by atoms with E-state index in [1.807, 2.05) is 0 Å². The molecular weight excluding hydrogens is 424 g/mol. The van der Waals surface area contributed by atoms with Crippen molar-refractivity contribution in [1.82, 2.24) is 4.90 Å². The Morgan fingerprint density at radius 3 is 2.10 bits per heavy atom. The van der Waals surface area contributed by atoms with Crippen LogP contribution in [0.1, 0.15) is 44.9 Å². The molecule has 9 heteroatoms. The van der Waals surface area contributed by atoms with Gasteiger partial charge in [-0.1, -0.05) is 37.6 Å². The van der Waals surface area contributed by atoms with Gasteiger partial charge in [0.15, 0.2) is 0 Å². The Bertz CT molecular complexity index is 1050. The first-order chi connectivity index (χ1) is 14.7. The minimum absolute atomic E-state index is 0.0689. The topological polar surface area (TPSA) is 102 Å². The van der Waals surface area contributed by atoms with Gasteiger partial charge in [0.1, 0.15) is 17.4 Å². The molecule has 2 aromatic rings. The Labute approximate surface area is 184 Å². The molecule has 0 aromatic heterocycles. The first-order valence-corrected chi connectivity index (χ1v) is 9.82. The summed E-state index contributed by atoms with van der Waals surface area (Å²) in [6.45, 7) is 3.46. The minimum atomic E-state index is -1.07. The van der Waals surface area contributed by atoms with Crippen molar-refractivity contribution < 1.29 is 28.7 Å². The van der Waals surface area contributed by atoms with Crippen LogP contribution in [-0.2, 0) is 9.53 Å². The number of nitrogens with zero attached hydrogens (tertiary/aromatic N) is 1. The Kier molecular flexibility index (Phi) is 6.31. The smallest absolute Gasteiger partial charge is 0.341 e. The van der Waals surface area contributed by atoms with Gasteiger partial charge in [-0.2, -0.15) is 0 Å². The largest absolute Gasteiger partial charge is 0.496 e. The number of carbonyl (C=O) groups is 4. The maximum atomic E-state index is 13.2. The van der Waals surface area contributed by atoms with E-state index in [2.05, 4.69) is 5.32 Å². The summed E-state index contributed by atoms with van der Waals surface area (Å²) in [5.74, 6) is -2.54. The van der Waals surface area contributed by atoms with Crippen molar-refractivity contribution >= 4 is 41.0 Å². The number of nitrogens with one attached hydrogen (secondary N) is 1. The highest BCUT2D eigenvalue weighted by Crippen LogP contribution is 2.33. The molecule has 0 spiro atoms. The van der Waals surface area contributed by atoms with Crippen LogP contribution in [0.3, 0.4) is 0 Å². The van der Waals surface area contributed by atoms with Crippen LogP contribution in [0, 0.1) is 5.92 Å². The van der Waals surface area contributed by atoms with E-state index in [4.69, 9.17) is 21.1 Å². The number of carbonyl (C=O) groups excluding carboxylic acids is 4. The number of methoxy groups -OCH3 is 2. The maximum Gasteiger partial charge on any atom is 0.341 e. The molecular formula is C22H21ClN2O6. The summed E-state index contributed by atoms with van der Waals surface area (Å²) < 4.78 is 9.90. The van der Waals surface area contributed by atoms with Gasteiger partial charge in [-0.15, -0.1) is 0 Å². The molecule has 1 aliphatic heterocycles. The van der Waals surface area contributed by atoms with Crippen LogP contribution in [0.2, 0.25) is 5.02 Å². The first kappa shape index (κ1) is 22.3. The summed E-state index contributed by atoms with van der Waals surface area (Å²) in [5, 5.41) is 2.72. The van der Waals surface area contributed by atoms with Crippen LogP contribution in [-0.4, -0.2) is 48.9 Å². The van der Waals surface area contributed by atoms with Crippen LogP contribution in [0.5, 0.6) is 5.75 Å². The highest BCUT2D eigenvalue weighted by Gasteiger charge is 2.44. The number of hydrogen-bond donors (Lipinski definition) is 1. The van der Waals surface area contributed by atoms with Crippen molar-refractivity contribution in [3.8, 4) is 5.75 Å². The number of benzene rings is 2. The summed E-state index contributed by atoms with van der Waals surface area (Å²) >= 11 is 6.25. The zero-order valence-electron chi connectivity index (χ0n) is 17.4. The van der Waals surface area contributed by atoms with Crippen molar-refractivity contribution in [2.75, 3.05) is 19.5 Å². The maximum absolute atomic E-state index is 13.2. The van der Waals surface area contributed by atoms with Crippen molar-refractivity contribution in [2.45, 2.75) is 19.9 Å². The summed E-state index contributed by atoms with van der Waals surface area (Å²) in [5.41, 5.74) is 0.772. The van der Waals surface area contributed by atoms with E-state index >= 15 is 0 Å². The lowest BCUT2D eigenvalue weighted by atomic mass is 10.0. The number of anilines is 1. The van der Waals surface area contributed by atoms with Crippen molar-refractivity contribution in [3.63, 3.8) is 0 Å². The lowest BCUT2D eigenvalue weighted by Crippen LogP contribution is -2.50. The van der Waals surface area contributed by atoms with Crippen LogP contribution >= 0.6 is 11.6 Å². The number of halogens is 1. The number of ether oxygens (including phenoxy) is 2. The second kappa shape index (κ2) is 8.77. The quantitative estimate of drug-likeness (QED) is 0.541. The molecule has 31 heavy (non-hydrogen) atoms. The first-order valence-electron chi connectivity index (χ1n) is 9.44. The van der Waals surface area contributed by atoms with Crippen molar-refractivity contribution in [2.24, 2.45) is 5.92 Å². The standard InChI is InChI=1S/C22H21ClN2O6/c1-11(2)18(25-20(27)12-7-5-6-8-13(12)21(25)28)19(26)24-16-10-17(30-3)14(9-15(16)23)22(29)31-4/h5-11,18H,1-4H3,(H,24,26). The van der Waals surface area contributed by atoms with Gasteiger partial charge in [0, 0.05) is 6.07 Å². The van der Waals surface area contributed by atoms with Crippen LogP contribution in [0.4, 0.5) is 5.69 Å². The second-order valence-electron chi connectivity index (χ2n) is 7.23. The normalized spacial score (nSPS) is 13.8. The molecule has 0 bridgehead atoms. The van der Waals surface area contributed by atoms with Gasteiger partial charge in [0.25, 0.3) is 11.8 Å². The molecule has 1 N–H and O–H groups in total. The molecule has 2 aromatic carbocycles. The fraction of sp³-hybridized carbons (Fsp3) is 0.273. The minimum Gasteiger partial charge on any atom is -0.496 e. The Balaban J connectivity index is 1.94. The van der Waals surface area contributed by atoms with Gasteiger partial charge < -0.3 is 14.8 Å². The number of amides is 3. The number of hydrogen-bond acceptors (Lipinski definition) is 6. The van der Waals surface area contributed by atoms with Gasteiger partial charge in [0.05, 0.1) is 36.1 Å². The van der Waals surface area contributed by atoms with E-state index in [0.717, 1.165) is 4.90 Å². The van der Waals surface area contributed by atoms with Gasteiger partial charge in [-0.25, -0.2) is 4.79 Å². The third-order valence-electron chi connectivity index (χ3n) is 4.96. The average Bonchev–Trinajstić information content (AvgIpc) is 2.99. The lowest BCUT2D eigenvalue weighted by molar-refractivity contribution is -0.121. The molecule has 0 radical (unpaired) electrons. The molecule has 8 nitrogen and oxygen atoms in total. The Hall–Kier alpha value is -3.39. The third kappa shape index (κ3) is 3.98. The second-order valence-corrected chi connectivity index (χ2v) is 7.64. The van der Waals surface area contributed by atoms with E-state index in [0.29, 0.717) is 0 Å². The number of fused-ring (bicyclic) bond motifs is 1. The Morgan fingerprint density at radius 1 is 1.03 bits per heavy atom. The molecule has 162 valence electrons. The van der Waals surface area contributed by atoms with Gasteiger partial charge in [-0.3, -0.25) is 19.3 Å². The summed E-state index contributed by atoms with van der Waals surface area (Å²) in [6.07, 6.45) is 0. The molecule has 0 saturated carbocycles. The predicted octanol–water partition coefficient (Wildman–Crippen LogP) is 3.39. The fourth-order valence-corrected chi connectivity index (χ4v) is 3.68. The van der Waals surface area contributed by atoms with Crippen molar-refractivity contribution in [3.05, 3.63) is 58.1 Å². The molecule has 1 atom stereocenters. The predicted molar refractivity (Wildman–Crippen MR) is 114 cm³/mol. The highest BCUT2D eigenvalue weighted by atomic mass is 35.5. The molecule has 0 aliphatic carbocycles. The van der Waals surface area contributed by atoms with Crippen LogP contribution in [0.15, 0.2) is 36.4 Å². The summed E-state index contributed by atoms with van der Waals surface area (Å²) in [6, 6.07) is 8.05. The van der Waals surface area contributed by atoms with Gasteiger partial charge >= 0.3 is 5.97 Å². The Morgan fingerprint density at radius 2 is 1.61 bits per heavy atom. The van der Waals surface area contributed by atoms with Gasteiger partial charge in [-0.05, 0) is 24.1 Å². The number of esters is 1. The highest BCUT2D eigenvalue weighted by molar-refractivity contribution is 6.34. The molecule has 3 rings (SSSR count). The molecule has 0 fully saturated rings. The SMILES string of the molecule is COC(=O)c1cc(Cl)c(NC(=O)C(C(C)C)N2C(=O)c3ccccc3C2=O)cc1OC. The van der Waals surface area contributed by atoms with E-state index < -0.39 is 29.7 Å². The van der Waals surface area contributed by atoms with Crippen LogP contribution in [0.25, 0.3) is 0 Å². The average molecular weight is 445 g/mol. The lowest BCUT2D eigenvalue weighted by Gasteiger charge is -2.28. The van der Waals surface area contributed by atoms with E-state index in [-0.39, 0.29) is 39.1 Å². The fourth-order valence-electron chi connectivity index (χ4n) is 3.47. The molecule has 1 heterocycles. The number of imide groups is 1. The summed E-state index contributed by atoms with van der Waals surface area (Å²) in [4.78, 5) is 51.7. The van der Waals surface area contributed by atoms with Gasteiger partial charge in [0.2, 0.25) is 5.91 Å². The molecule has 1 unspecified atom stereocenters. The van der Waals surface area contributed by atoms with E-state index in [9.17, 15) is 19.2 Å². The monoisotopic (exact) mass is 444 g/mol. The van der Waals surface area contributed by atoms with E-state index in [1.54, 1.807) is 38.1 Å². The van der Waals surface area contributed by atoms with E-state index in [1.165, 1.54) is 26.4 Å². The van der Waals surface area contributed by atoms with Crippen LogP contribution < -0.4 is 10.1 Å². The third-order valence-corrected chi connectivity index (χ3v) is 5.27. The summed E-state index contributed by atoms with van der Waals surface area (Å²) in [7, 11) is 2.58. The molecule has 0 saturated heterocycles.